The predicted molar refractivity (Wildman–Crippen MR) is 338 cm³/mol. The fourth-order valence-corrected chi connectivity index (χ4v) is 7.60. The van der Waals surface area contributed by atoms with Crippen LogP contribution in [0.5, 0.6) is 11.5 Å². The molecule has 0 unspecified atom stereocenters. The first-order valence-electron chi connectivity index (χ1n) is 24.9. The zero-order valence-corrected chi connectivity index (χ0v) is 51.3. The van der Waals surface area contributed by atoms with Gasteiger partial charge in [0.1, 0.15) is 51.6 Å². The zero-order valence-electron chi connectivity index (χ0n) is 45.9. The lowest BCUT2D eigenvalue weighted by atomic mass is 10.2. The molecule has 0 atom stereocenters. The van der Waals surface area contributed by atoms with Crippen molar-refractivity contribution in [1.82, 2.24) is 24.9 Å². The third-order valence-electron chi connectivity index (χ3n) is 10.8. The molecular weight excluding hydrogens is 1280 g/mol. The fraction of sp³-hybridized carbons (Fsp3) is 0.0984. The number of H-pyrrole nitrogens is 4. The lowest BCUT2D eigenvalue weighted by molar-refractivity contribution is -0.114. The van der Waals surface area contributed by atoms with Crippen molar-refractivity contribution in [3.05, 3.63) is 219 Å². The van der Waals surface area contributed by atoms with E-state index in [0.29, 0.717) is 83.0 Å². The van der Waals surface area contributed by atoms with Gasteiger partial charge in [0.15, 0.2) is 40.3 Å². The molecule has 25 heteroatoms. The molecule has 2 amide bonds. The number of alkyl halides is 2. The summed E-state index contributed by atoms with van der Waals surface area (Å²) < 4.78 is 26.6. The number of nitrogens with zero attached hydrogens (tertiary/aromatic N) is 1. The number of aromatic hydroxyl groups is 1. The number of ether oxygens (including phenoxy) is 1. The number of aromatic nitrogens is 5. The Hall–Kier alpha value is -9.02. The first-order valence-corrected chi connectivity index (χ1v) is 28.1. The fourth-order valence-electron chi connectivity index (χ4n) is 6.67. The van der Waals surface area contributed by atoms with Gasteiger partial charge in [0, 0.05) is 99.1 Å². The second kappa shape index (κ2) is 34.1. The van der Waals surface area contributed by atoms with Crippen LogP contribution in [-0.4, -0.2) is 83.3 Å². The van der Waals surface area contributed by atoms with Crippen molar-refractivity contribution in [2.24, 2.45) is 11.5 Å². The van der Waals surface area contributed by atoms with Crippen molar-refractivity contribution in [3.63, 3.8) is 0 Å². The van der Waals surface area contributed by atoms with Crippen molar-refractivity contribution in [1.29, 1.82) is 0 Å². The Morgan fingerprint density at radius 2 is 1.01 bits per heavy atom. The molecule has 0 saturated carbocycles. The number of amides is 2. The van der Waals surface area contributed by atoms with Crippen molar-refractivity contribution in [3.8, 4) is 34.5 Å². The van der Waals surface area contributed by atoms with Gasteiger partial charge in [0.25, 0.3) is 11.8 Å². The number of carbonyl (C=O) groups excluding carboxylic acids is 6. The molecule has 0 spiro atoms. The number of carbonyl (C=O) groups is 6. The number of halogens is 6. The standard InChI is InChI=1S/C15H9ClN2O2.C10H6BrClO2.C10H7ClO2.C7H7ClO2.C6H7NO.2C5H6N2O.C3H5ClO/c16-10-4-3-9-6-14(20-13(9)7-10)12-8-19-15(18-12)11-2-1-5-17-11;11-5-8(13)10-3-6-1-2-7(12)4-9(6)14-10;1-6(12)9-4-7-2-3-8(11)5-10(7)13-9;1-10-7-3-2-5(8)4-6(7)9;1-5(8)6-3-2-4-7-6;2*6-5(8)4-2-1-3-7-4;1-3(5)2-4/h1-8,17H;1-4H,5H2;2-5H,1H3;2-4,9H,1H3;2-4,7H,1H3;2*1-3,7H,(H2,6,8);2H2,1H3. The number of primary amides is 2. The number of methoxy groups -OCH3 is 1. The van der Waals surface area contributed by atoms with Gasteiger partial charge in [-0.2, -0.15) is 0 Å². The minimum atomic E-state index is -0.421. The van der Waals surface area contributed by atoms with E-state index in [0.717, 1.165) is 27.4 Å². The average molecular weight is 1330 g/mol. The third-order valence-corrected chi connectivity index (χ3v) is 12.6. The number of Topliss-reactive ketones (excluding diaryl/α,β-unsaturated/α-hetero) is 4. The highest BCUT2D eigenvalue weighted by atomic mass is 79.9. The number of hydrogen-bond donors (Lipinski definition) is 7. The van der Waals surface area contributed by atoms with E-state index in [4.69, 9.17) is 97.0 Å². The van der Waals surface area contributed by atoms with Gasteiger partial charge in [-0.3, -0.25) is 28.8 Å². The van der Waals surface area contributed by atoms with Gasteiger partial charge >= 0.3 is 0 Å². The van der Waals surface area contributed by atoms with Crippen LogP contribution in [0.4, 0.5) is 0 Å². The molecule has 8 aromatic heterocycles. The van der Waals surface area contributed by atoms with E-state index in [2.05, 4.69) is 40.8 Å². The summed E-state index contributed by atoms with van der Waals surface area (Å²) in [5.41, 5.74) is 14.9. The largest absolute Gasteiger partial charge is 0.504 e. The summed E-state index contributed by atoms with van der Waals surface area (Å²) in [6.07, 6.45) is 8.44. The van der Waals surface area contributed by atoms with E-state index in [1.165, 1.54) is 33.9 Å². The lowest BCUT2D eigenvalue weighted by Crippen LogP contribution is -2.10. The molecule has 0 radical (unpaired) electrons. The maximum absolute atomic E-state index is 11.3. The summed E-state index contributed by atoms with van der Waals surface area (Å²) in [5.74, 6) is 1.67. The first-order chi connectivity index (χ1) is 41.1. The van der Waals surface area contributed by atoms with Crippen LogP contribution in [-0.2, 0) is 4.79 Å². The Balaban J connectivity index is 0.000000186. The number of fused-ring (bicyclic) bond motifs is 3. The second-order valence-corrected chi connectivity index (χ2v) is 19.9. The number of benzene rings is 4. The Morgan fingerprint density at radius 1 is 0.570 bits per heavy atom. The number of phenols is 1. The maximum Gasteiger partial charge on any atom is 0.265 e. The molecule has 4 aromatic carbocycles. The van der Waals surface area contributed by atoms with Crippen molar-refractivity contribution in [2.45, 2.75) is 20.8 Å². The molecule has 8 heterocycles. The number of aromatic amines is 4. The first kappa shape index (κ1) is 67.8. The highest BCUT2D eigenvalue weighted by Gasteiger charge is 2.14. The number of nitrogens with one attached hydrogen (secondary N) is 4. The smallest absolute Gasteiger partial charge is 0.265 e. The molecule has 0 bridgehead atoms. The number of rotatable bonds is 10. The predicted octanol–water partition coefficient (Wildman–Crippen LogP) is 16.0. The molecule has 0 saturated heterocycles. The van der Waals surface area contributed by atoms with E-state index in [9.17, 15) is 28.8 Å². The van der Waals surface area contributed by atoms with E-state index < -0.39 is 11.8 Å². The van der Waals surface area contributed by atoms with E-state index >= 15 is 0 Å². The number of ketones is 4. The average Bonchev–Trinajstić information content (AvgIpc) is 3.20. The molecule has 12 rings (SSSR count). The lowest BCUT2D eigenvalue weighted by Gasteiger charge is -2.01. The Bertz CT molecular complexity index is 4010. The summed E-state index contributed by atoms with van der Waals surface area (Å²) in [6.45, 7) is 4.46. The molecule has 12 aromatic rings. The van der Waals surface area contributed by atoms with Crippen LogP contribution in [0.25, 0.3) is 55.9 Å². The summed E-state index contributed by atoms with van der Waals surface area (Å²) in [4.78, 5) is 78.5. The van der Waals surface area contributed by atoms with E-state index in [1.807, 2.05) is 48.7 Å². The topological polar surface area (TPSA) is 313 Å². The Morgan fingerprint density at radius 3 is 1.41 bits per heavy atom. The quantitative estimate of drug-likeness (QED) is 0.0495. The normalized spacial score (nSPS) is 10.0. The minimum absolute atomic E-state index is 0.0201. The highest BCUT2D eigenvalue weighted by Crippen LogP contribution is 2.31. The highest BCUT2D eigenvalue weighted by molar-refractivity contribution is 9.09. The third kappa shape index (κ3) is 21.6. The van der Waals surface area contributed by atoms with Gasteiger partial charge in [0.05, 0.1) is 24.0 Å². The monoisotopic (exact) mass is 1330 g/mol. The van der Waals surface area contributed by atoms with Crippen molar-refractivity contribution >= 4 is 142 Å². The van der Waals surface area contributed by atoms with Crippen molar-refractivity contribution < 1.29 is 56.3 Å². The van der Waals surface area contributed by atoms with Crippen LogP contribution in [0.15, 0.2) is 188 Å². The van der Waals surface area contributed by atoms with Gasteiger partial charge < -0.3 is 58.9 Å². The summed E-state index contributed by atoms with van der Waals surface area (Å²) in [7, 11) is 1.49. The molecule has 0 aliphatic carbocycles. The number of oxazole rings is 1. The van der Waals surface area contributed by atoms with Crippen LogP contribution < -0.4 is 16.2 Å². The zero-order chi connectivity index (χ0) is 62.9. The number of hydrogen-bond acceptors (Lipinski definition) is 13. The van der Waals surface area contributed by atoms with Gasteiger partial charge in [0.2, 0.25) is 11.7 Å². The maximum atomic E-state index is 11.3. The molecule has 9 N–H and O–H groups in total. The molecule has 0 fully saturated rings. The summed E-state index contributed by atoms with van der Waals surface area (Å²) >= 11 is 31.1. The Labute approximate surface area is 524 Å². The summed E-state index contributed by atoms with van der Waals surface area (Å²) in [6, 6.07) is 40.2. The van der Waals surface area contributed by atoms with Gasteiger partial charge in [-0.15, -0.1) is 11.6 Å². The van der Waals surface area contributed by atoms with Gasteiger partial charge in [-0.1, -0.05) is 62.3 Å². The molecule has 86 heavy (non-hydrogen) atoms. The molecule has 0 aliphatic heterocycles. The number of phenolic OH excluding ortho intramolecular Hbond substituents is 1. The van der Waals surface area contributed by atoms with E-state index in [1.54, 1.807) is 116 Å². The van der Waals surface area contributed by atoms with Gasteiger partial charge in [-0.25, -0.2) is 4.98 Å². The van der Waals surface area contributed by atoms with Crippen LogP contribution in [0.3, 0.4) is 0 Å². The second-order valence-electron chi connectivity index (χ2n) is 17.3. The van der Waals surface area contributed by atoms with E-state index in [-0.39, 0.29) is 40.1 Å². The SMILES string of the molecule is CC(=O)CCl.CC(=O)c1cc2ccc(Cl)cc2o1.CC(=O)c1ccc[nH]1.COc1ccc(Cl)cc1O.Clc1ccc2cc(-c3coc(-c4ccc[nH]4)n3)oc2c1.NC(=O)c1ccc[nH]1.NC(=O)c1ccc[nH]1.O=C(CBr)c1cc2ccc(Cl)cc2o1. The molecule has 446 valence electrons. The van der Waals surface area contributed by atoms with Crippen molar-refractivity contribution in [2.75, 3.05) is 18.3 Å². The summed E-state index contributed by atoms with van der Waals surface area (Å²) in [5, 5.41) is 14.5. The van der Waals surface area contributed by atoms with Crippen LogP contribution in [0, 0.1) is 0 Å². The minimum Gasteiger partial charge on any atom is -0.504 e. The number of furan rings is 3. The van der Waals surface area contributed by atoms with Crippen LogP contribution in [0.1, 0.15) is 73.3 Å². The molecule has 0 aliphatic rings. The van der Waals surface area contributed by atoms with Crippen LogP contribution in [0.2, 0.25) is 20.1 Å². The number of nitrogens with two attached hydrogens (primary N) is 2. The Kier molecular flexibility index (Phi) is 26.8. The van der Waals surface area contributed by atoms with Crippen LogP contribution >= 0.6 is 73.9 Å². The van der Waals surface area contributed by atoms with Gasteiger partial charge in [-0.05, 0) is 122 Å². The molecule has 19 nitrogen and oxygen atoms in total. The molecular formula is C61H53BrCl5N7O12.